The van der Waals surface area contributed by atoms with E-state index in [2.05, 4.69) is 0 Å². The highest BCUT2D eigenvalue weighted by Crippen LogP contribution is 2.14. The molecule has 0 N–H and O–H groups in total. The molecule has 30 heavy (non-hydrogen) atoms. The lowest BCUT2D eigenvalue weighted by molar-refractivity contribution is 0.0746. The lowest BCUT2D eigenvalue weighted by atomic mass is 10.1. The number of hydrogen-bond donors (Lipinski definition) is 0. The number of carbonyl (C=O) groups excluding carboxylic acids is 2. The van der Waals surface area contributed by atoms with Crippen molar-refractivity contribution in [2.45, 2.75) is 26.9 Å². The van der Waals surface area contributed by atoms with Crippen LogP contribution in [-0.4, -0.2) is 54.6 Å². The summed E-state index contributed by atoms with van der Waals surface area (Å²) in [4.78, 5) is 28.6. The Hall–Kier alpha value is -3.02. The monoisotopic (exact) mass is 410 g/mol. The average molecular weight is 411 g/mol. The van der Waals surface area contributed by atoms with E-state index in [-0.39, 0.29) is 12.0 Å². The highest BCUT2D eigenvalue weighted by Gasteiger charge is 2.23. The molecule has 0 spiro atoms. The predicted molar refractivity (Wildman–Crippen MR) is 115 cm³/mol. The zero-order valence-electron chi connectivity index (χ0n) is 17.8. The summed E-state index contributed by atoms with van der Waals surface area (Å²) in [7, 11) is 0. The van der Waals surface area contributed by atoms with E-state index in [1.54, 1.807) is 4.90 Å². The normalized spacial score (nSPS) is 14.4. The Morgan fingerprint density at radius 3 is 2.27 bits per heavy atom. The van der Waals surface area contributed by atoms with Crippen molar-refractivity contribution in [3.63, 3.8) is 0 Å². The van der Waals surface area contributed by atoms with Gasteiger partial charge in [0.25, 0.3) is 5.91 Å². The number of amides is 2. The second-order valence-corrected chi connectivity index (χ2v) is 7.90. The molecule has 2 aromatic carbocycles. The fourth-order valence-electron chi connectivity index (χ4n) is 3.24. The second-order valence-electron chi connectivity index (χ2n) is 7.90. The highest BCUT2D eigenvalue weighted by molar-refractivity contribution is 5.94. The van der Waals surface area contributed by atoms with Crippen molar-refractivity contribution >= 4 is 12.0 Å². The Balaban J connectivity index is 1.51. The summed E-state index contributed by atoms with van der Waals surface area (Å²) in [5.41, 5.74) is 1.65. The highest BCUT2D eigenvalue weighted by atomic mass is 16.6. The minimum absolute atomic E-state index is 0.0112. The van der Waals surface area contributed by atoms with E-state index >= 15 is 0 Å². The van der Waals surface area contributed by atoms with Crippen molar-refractivity contribution < 1.29 is 19.1 Å². The van der Waals surface area contributed by atoms with Crippen LogP contribution in [0, 0.1) is 5.92 Å². The number of carbonyl (C=O) groups is 2. The van der Waals surface area contributed by atoms with Gasteiger partial charge in [0.1, 0.15) is 12.4 Å². The second kappa shape index (κ2) is 10.7. The lowest BCUT2D eigenvalue weighted by Crippen LogP contribution is -2.37. The van der Waals surface area contributed by atoms with E-state index in [4.69, 9.17) is 9.47 Å². The molecule has 1 heterocycles. The van der Waals surface area contributed by atoms with Gasteiger partial charge in [0, 0.05) is 31.7 Å². The van der Waals surface area contributed by atoms with Gasteiger partial charge in [0.15, 0.2) is 0 Å². The molecule has 0 unspecified atom stereocenters. The zero-order chi connectivity index (χ0) is 21.3. The number of rotatable bonds is 6. The van der Waals surface area contributed by atoms with Crippen LogP contribution < -0.4 is 4.74 Å². The molecule has 160 valence electrons. The first-order valence-electron chi connectivity index (χ1n) is 10.5. The number of para-hydroxylation sites is 1. The van der Waals surface area contributed by atoms with Gasteiger partial charge in [0.2, 0.25) is 0 Å². The van der Waals surface area contributed by atoms with Crippen LogP contribution in [0.25, 0.3) is 0 Å². The largest absolute Gasteiger partial charge is 0.489 e. The summed E-state index contributed by atoms with van der Waals surface area (Å²) in [5.74, 6) is 1.11. The quantitative estimate of drug-likeness (QED) is 0.716. The summed E-state index contributed by atoms with van der Waals surface area (Å²) in [6.45, 7) is 7.13. The minimum atomic E-state index is -0.291. The van der Waals surface area contributed by atoms with Gasteiger partial charge in [-0.15, -0.1) is 0 Å². The van der Waals surface area contributed by atoms with Crippen LogP contribution in [0.2, 0.25) is 0 Å². The molecule has 1 aliphatic heterocycles. The number of ether oxygens (including phenoxy) is 2. The van der Waals surface area contributed by atoms with Crippen LogP contribution in [0.1, 0.15) is 36.2 Å². The molecule has 6 nitrogen and oxygen atoms in total. The first kappa shape index (κ1) is 21.7. The van der Waals surface area contributed by atoms with Gasteiger partial charge in [-0.3, -0.25) is 4.79 Å². The molecule has 2 aromatic rings. The fourth-order valence-corrected chi connectivity index (χ4v) is 3.24. The van der Waals surface area contributed by atoms with E-state index in [0.717, 1.165) is 17.7 Å². The predicted octanol–water partition coefficient (Wildman–Crippen LogP) is 4.21. The molecule has 0 saturated carbocycles. The first-order chi connectivity index (χ1) is 14.5. The molecule has 0 bridgehead atoms. The maximum Gasteiger partial charge on any atom is 0.409 e. The molecule has 1 fully saturated rings. The zero-order valence-corrected chi connectivity index (χ0v) is 17.8. The Bertz CT molecular complexity index is 821. The Morgan fingerprint density at radius 1 is 0.900 bits per heavy atom. The van der Waals surface area contributed by atoms with Crippen LogP contribution in [0.5, 0.6) is 5.75 Å². The average Bonchev–Trinajstić information content (AvgIpc) is 3.03. The van der Waals surface area contributed by atoms with E-state index < -0.39 is 0 Å². The summed E-state index contributed by atoms with van der Waals surface area (Å²) in [5, 5.41) is 0. The van der Waals surface area contributed by atoms with Gasteiger partial charge >= 0.3 is 6.09 Å². The van der Waals surface area contributed by atoms with Gasteiger partial charge in [-0.2, -0.15) is 0 Å². The Kier molecular flexibility index (Phi) is 7.71. The van der Waals surface area contributed by atoms with Crippen LogP contribution in [0.15, 0.2) is 54.6 Å². The van der Waals surface area contributed by atoms with Crippen molar-refractivity contribution in [1.82, 2.24) is 9.80 Å². The Morgan fingerprint density at radius 2 is 1.57 bits per heavy atom. The van der Waals surface area contributed by atoms with E-state index in [1.807, 2.05) is 73.3 Å². The van der Waals surface area contributed by atoms with Gasteiger partial charge in [-0.25, -0.2) is 4.79 Å². The summed E-state index contributed by atoms with van der Waals surface area (Å²) >= 11 is 0. The molecule has 1 saturated heterocycles. The van der Waals surface area contributed by atoms with Crippen molar-refractivity contribution in [3.8, 4) is 5.75 Å². The Labute approximate surface area is 178 Å². The smallest absolute Gasteiger partial charge is 0.409 e. The van der Waals surface area contributed by atoms with Crippen LogP contribution >= 0.6 is 0 Å². The number of benzene rings is 2. The van der Waals surface area contributed by atoms with Crippen molar-refractivity contribution in [3.05, 3.63) is 65.7 Å². The van der Waals surface area contributed by atoms with Gasteiger partial charge in [-0.1, -0.05) is 44.2 Å². The van der Waals surface area contributed by atoms with Crippen molar-refractivity contribution in [2.24, 2.45) is 5.92 Å². The minimum Gasteiger partial charge on any atom is -0.489 e. The standard InChI is InChI=1S/C24H30N2O4/c1-19(2)17-30-24(28)26-14-6-13-25(15-16-26)23(27)21-11-9-20(10-12-21)18-29-22-7-4-3-5-8-22/h3-5,7-12,19H,6,13-18H2,1-2H3. The SMILES string of the molecule is CC(C)COC(=O)N1CCCN(C(=O)c2ccc(COc3ccccc3)cc2)CC1. The van der Waals surface area contributed by atoms with Crippen LogP contribution in [0.3, 0.4) is 0 Å². The molecular weight excluding hydrogens is 380 g/mol. The molecule has 0 radical (unpaired) electrons. The van der Waals surface area contributed by atoms with Crippen LogP contribution in [0.4, 0.5) is 4.79 Å². The number of hydrogen-bond acceptors (Lipinski definition) is 4. The summed E-state index contributed by atoms with van der Waals surface area (Å²) in [6, 6.07) is 17.2. The summed E-state index contributed by atoms with van der Waals surface area (Å²) < 4.78 is 11.1. The lowest BCUT2D eigenvalue weighted by Gasteiger charge is -2.22. The van der Waals surface area contributed by atoms with Crippen LogP contribution in [-0.2, 0) is 11.3 Å². The van der Waals surface area contributed by atoms with E-state index in [9.17, 15) is 9.59 Å². The van der Waals surface area contributed by atoms with Gasteiger partial charge in [-0.05, 0) is 42.2 Å². The van der Waals surface area contributed by atoms with Gasteiger partial charge in [0.05, 0.1) is 6.61 Å². The molecule has 0 aliphatic carbocycles. The molecule has 3 rings (SSSR count). The van der Waals surface area contributed by atoms with Crippen molar-refractivity contribution in [2.75, 3.05) is 32.8 Å². The molecule has 2 amide bonds. The number of nitrogens with zero attached hydrogens (tertiary/aromatic N) is 2. The molecular formula is C24H30N2O4. The molecule has 1 aliphatic rings. The fraction of sp³-hybridized carbons (Fsp3) is 0.417. The summed E-state index contributed by atoms with van der Waals surface area (Å²) in [6.07, 6.45) is 0.451. The third kappa shape index (κ3) is 6.24. The van der Waals surface area contributed by atoms with Crippen molar-refractivity contribution in [1.29, 1.82) is 0 Å². The first-order valence-corrected chi connectivity index (χ1v) is 10.5. The third-order valence-corrected chi connectivity index (χ3v) is 4.93. The maximum absolute atomic E-state index is 12.9. The molecule has 0 atom stereocenters. The van der Waals surface area contributed by atoms with Gasteiger partial charge < -0.3 is 19.3 Å². The van der Waals surface area contributed by atoms with E-state index in [1.165, 1.54) is 0 Å². The third-order valence-electron chi connectivity index (χ3n) is 4.93. The topological polar surface area (TPSA) is 59.1 Å². The molecule has 0 aromatic heterocycles. The molecule has 6 heteroatoms. The maximum atomic E-state index is 12.9. The van der Waals surface area contributed by atoms with E-state index in [0.29, 0.717) is 50.9 Å².